The van der Waals surface area contributed by atoms with Crippen LogP contribution in [0.2, 0.25) is 10.0 Å². The van der Waals surface area contributed by atoms with Crippen LogP contribution in [0.25, 0.3) is 0 Å². The maximum absolute atomic E-state index is 12.7. The molecule has 1 N–H and O–H groups in total. The Bertz CT molecular complexity index is 796. The number of carbonyl (C=O) groups is 2. The first-order valence-corrected chi connectivity index (χ1v) is 9.15. The van der Waals surface area contributed by atoms with Crippen LogP contribution in [0.5, 0.6) is 0 Å². The van der Waals surface area contributed by atoms with E-state index >= 15 is 0 Å². The average molecular weight is 392 g/mol. The Hall–Kier alpha value is -2.24. The van der Waals surface area contributed by atoms with Crippen molar-refractivity contribution < 1.29 is 9.59 Å². The van der Waals surface area contributed by atoms with Gasteiger partial charge in [-0.3, -0.25) is 4.79 Å². The molecular formula is C19H19Cl2N3O2. The van der Waals surface area contributed by atoms with Gasteiger partial charge in [0.15, 0.2) is 0 Å². The molecule has 0 atom stereocenters. The van der Waals surface area contributed by atoms with Crippen LogP contribution in [0.4, 0.5) is 10.5 Å². The summed E-state index contributed by atoms with van der Waals surface area (Å²) in [5.41, 5.74) is 1.18. The van der Waals surface area contributed by atoms with Crippen LogP contribution in [0.15, 0.2) is 48.5 Å². The van der Waals surface area contributed by atoms with Crippen molar-refractivity contribution in [1.82, 2.24) is 9.80 Å². The molecule has 3 rings (SSSR count). The number of benzene rings is 2. The van der Waals surface area contributed by atoms with Crippen molar-refractivity contribution in [3.05, 3.63) is 64.1 Å². The van der Waals surface area contributed by atoms with Crippen LogP contribution in [0.1, 0.15) is 16.8 Å². The van der Waals surface area contributed by atoms with Crippen LogP contribution in [-0.4, -0.2) is 47.9 Å². The molecule has 0 radical (unpaired) electrons. The van der Waals surface area contributed by atoms with Gasteiger partial charge in [0, 0.05) is 36.9 Å². The number of amides is 3. The molecule has 0 aliphatic carbocycles. The van der Waals surface area contributed by atoms with E-state index in [-0.39, 0.29) is 11.9 Å². The Kier molecular flexibility index (Phi) is 6.01. The van der Waals surface area contributed by atoms with E-state index in [2.05, 4.69) is 5.32 Å². The summed E-state index contributed by atoms with van der Waals surface area (Å²) < 4.78 is 0. The van der Waals surface area contributed by atoms with Crippen molar-refractivity contribution in [1.29, 1.82) is 0 Å². The smallest absolute Gasteiger partial charge is 0.321 e. The van der Waals surface area contributed by atoms with Crippen LogP contribution < -0.4 is 5.32 Å². The van der Waals surface area contributed by atoms with Crippen LogP contribution in [0.3, 0.4) is 0 Å². The van der Waals surface area contributed by atoms with Gasteiger partial charge in [0.2, 0.25) is 0 Å². The highest BCUT2D eigenvalue weighted by atomic mass is 35.5. The summed E-state index contributed by atoms with van der Waals surface area (Å²) in [6, 6.07) is 13.8. The fourth-order valence-electron chi connectivity index (χ4n) is 2.86. The summed E-state index contributed by atoms with van der Waals surface area (Å²) in [5.74, 6) is -0.101. The minimum Gasteiger partial charge on any atom is -0.337 e. The van der Waals surface area contributed by atoms with Gasteiger partial charge < -0.3 is 15.1 Å². The molecule has 3 amide bonds. The van der Waals surface area contributed by atoms with Gasteiger partial charge in [0.1, 0.15) is 0 Å². The molecular weight excluding hydrogens is 373 g/mol. The molecule has 136 valence electrons. The molecule has 2 aromatic carbocycles. The maximum atomic E-state index is 12.7. The minimum atomic E-state index is -0.181. The number of nitrogens with zero attached hydrogens (tertiary/aromatic N) is 2. The molecule has 1 aliphatic rings. The molecule has 0 bridgehead atoms. The van der Waals surface area contributed by atoms with E-state index in [1.54, 1.807) is 58.3 Å². The lowest BCUT2D eigenvalue weighted by Crippen LogP contribution is -2.39. The third-order valence-corrected chi connectivity index (χ3v) is 4.85. The number of halogens is 2. The summed E-state index contributed by atoms with van der Waals surface area (Å²) in [6.45, 7) is 2.12. The van der Waals surface area contributed by atoms with Crippen molar-refractivity contribution in [3.8, 4) is 0 Å². The van der Waals surface area contributed by atoms with Gasteiger partial charge in [-0.15, -0.1) is 0 Å². The van der Waals surface area contributed by atoms with Crippen molar-refractivity contribution in [2.45, 2.75) is 6.42 Å². The Labute approximate surface area is 162 Å². The third kappa shape index (κ3) is 4.48. The van der Waals surface area contributed by atoms with E-state index in [9.17, 15) is 9.59 Å². The van der Waals surface area contributed by atoms with Gasteiger partial charge in [0.25, 0.3) is 5.91 Å². The second-order valence-corrected chi connectivity index (χ2v) is 6.89. The maximum Gasteiger partial charge on any atom is 0.321 e. The predicted octanol–water partition coefficient (Wildman–Crippen LogP) is 4.37. The molecule has 0 spiro atoms. The van der Waals surface area contributed by atoms with Gasteiger partial charge in [-0.2, -0.15) is 0 Å². The fraction of sp³-hybridized carbons (Fsp3) is 0.263. The molecule has 1 saturated heterocycles. The average Bonchev–Trinajstić information content (AvgIpc) is 2.90. The highest BCUT2D eigenvalue weighted by Crippen LogP contribution is 2.19. The lowest BCUT2D eigenvalue weighted by molar-refractivity contribution is 0.0763. The topological polar surface area (TPSA) is 52.7 Å². The molecule has 7 heteroatoms. The first-order valence-electron chi connectivity index (χ1n) is 8.40. The van der Waals surface area contributed by atoms with Crippen molar-refractivity contribution in [3.63, 3.8) is 0 Å². The van der Waals surface area contributed by atoms with Gasteiger partial charge in [0.05, 0.1) is 10.6 Å². The van der Waals surface area contributed by atoms with E-state index in [0.717, 1.165) is 0 Å². The molecule has 1 fully saturated rings. The quantitative estimate of drug-likeness (QED) is 0.825. The van der Waals surface area contributed by atoms with Gasteiger partial charge in [-0.25, -0.2) is 4.79 Å². The molecule has 1 heterocycles. The lowest BCUT2D eigenvalue weighted by Gasteiger charge is -2.23. The molecule has 0 saturated carbocycles. The normalized spacial score (nSPS) is 14.7. The molecule has 0 unspecified atom stereocenters. The molecule has 0 aromatic heterocycles. The second-order valence-electron chi connectivity index (χ2n) is 6.05. The zero-order valence-corrected chi connectivity index (χ0v) is 15.6. The van der Waals surface area contributed by atoms with Crippen LogP contribution in [-0.2, 0) is 0 Å². The van der Waals surface area contributed by atoms with E-state index in [1.807, 2.05) is 0 Å². The van der Waals surface area contributed by atoms with Crippen molar-refractivity contribution in [2.75, 3.05) is 31.5 Å². The molecule has 26 heavy (non-hydrogen) atoms. The number of hydrogen-bond donors (Lipinski definition) is 1. The van der Waals surface area contributed by atoms with Gasteiger partial charge in [-0.1, -0.05) is 35.3 Å². The number of nitrogens with one attached hydrogen (secondary N) is 1. The fourth-order valence-corrected chi connectivity index (χ4v) is 3.21. The summed E-state index contributed by atoms with van der Waals surface area (Å²) in [4.78, 5) is 28.6. The number of rotatable bonds is 2. The monoisotopic (exact) mass is 391 g/mol. The van der Waals surface area contributed by atoms with E-state index in [1.165, 1.54) is 0 Å². The van der Waals surface area contributed by atoms with Crippen molar-refractivity contribution in [2.24, 2.45) is 0 Å². The first-order chi connectivity index (χ1) is 12.5. The zero-order valence-electron chi connectivity index (χ0n) is 14.1. The van der Waals surface area contributed by atoms with Gasteiger partial charge in [-0.05, 0) is 42.8 Å². The number of urea groups is 1. The minimum absolute atomic E-state index is 0.101. The van der Waals surface area contributed by atoms with Crippen molar-refractivity contribution >= 4 is 40.8 Å². The lowest BCUT2D eigenvalue weighted by atomic mass is 10.2. The molecule has 1 aliphatic heterocycles. The molecule has 5 nitrogen and oxygen atoms in total. The Morgan fingerprint density at radius 2 is 1.50 bits per heavy atom. The summed E-state index contributed by atoms with van der Waals surface area (Å²) in [7, 11) is 0. The van der Waals surface area contributed by atoms with Crippen LogP contribution in [0, 0.1) is 0 Å². The third-order valence-electron chi connectivity index (χ3n) is 4.27. The summed E-state index contributed by atoms with van der Waals surface area (Å²) >= 11 is 12.0. The largest absolute Gasteiger partial charge is 0.337 e. The summed E-state index contributed by atoms with van der Waals surface area (Å²) in [6.07, 6.45) is 0.713. The number of anilines is 1. The summed E-state index contributed by atoms with van der Waals surface area (Å²) in [5, 5.41) is 3.92. The van der Waals surface area contributed by atoms with Crippen LogP contribution >= 0.6 is 23.2 Å². The Morgan fingerprint density at radius 3 is 2.23 bits per heavy atom. The predicted molar refractivity (Wildman–Crippen MR) is 104 cm³/mol. The van der Waals surface area contributed by atoms with E-state index < -0.39 is 0 Å². The standard InChI is InChI=1S/C19H19Cl2N3O2/c20-14-6-8-15(9-7-14)22-19(26)24-11-3-10-23(12-13-24)18(25)16-4-1-2-5-17(16)21/h1-2,4-9H,3,10-13H2,(H,22,26). The highest BCUT2D eigenvalue weighted by molar-refractivity contribution is 6.33. The molecule has 2 aromatic rings. The van der Waals surface area contributed by atoms with E-state index in [0.29, 0.717) is 53.9 Å². The van der Waals surface area contributed by atoms with Gasteiger partial charge >= 0.3 is 6.03 Å². The Balaban J connectivity index is 1.61. The second kappa shape index (κ2) is 8.43. The number of carbonyl (C=O) groups excluding carboxylic acids is 2. The first kappa shape index (κ1) is 18.5. The number of hydrogen-bond acceptors (Lipinski definition) is 2. The Morgan fingerprint density at radius 1 is 0.846 bits per heavy atom. The van der Waals surface area contributed by atoms with E-state index in [4.69, 9.17) is 23.2 Å². The zero-order chi connectivity index (χ0) is 18.5. The highest BCUT2D eigenvalue weighted by Gasteiger charge is 2.23. The SMILES string of the molecule is O=C(Nc1ccc(Cl)cc1)N1CCCN(C(=O)c2ccccc2Cl)CC1.